The van der Waals surface area contributed by atoms with Crippen LogP contribution in [0, 0.1) is 5.82 Å². The fraction of sp³-hybridized carbons (Fsp3) is 0.300. The molecule has 0 saturated heterocycles. The third-order valence-corrected chi connectivity index (χ3v) is 2.11. The molecule has 1 aliphatic rings. The molecule has 1 aliphatic heterocycles. The molecule has 5 heteroatoms. The molecule has 15 heavy (non-hydrogen) atoms. The van der Waals surface area contributed by atoms with Crippen LogP contribution in [0.1, 0.15) is 15.9 Å². The summed E-state index contributed by atoms with van der Waals surface area (Å²) in [7, 11) is 1.20. The Hall–Kier alpha value is -1.62. The van der Waals surface area contributed by atoms with Crippen LogP contribution in [0.3, 0.4) is 0 Å². The standard InChI is InChI=1S/C10H9FO4/c1-13-10(12)7-2-6-4-14-5-15-9(6)3-8(7)11/h2-3H,4-5H2,1H3. The number of ether oxygens (including phenoxy) is 3. The smallest absolute Gasteiger partial charge is 0.340 e. The van der Waals surface area contributed by atoms with E-state index in [1.807, 2.05) is 0 Å². The van der Waals surface area contributed by atoms with Gasteiger partial charge in [-0.2, -0.15) is 0 Å². The molecule has 0 N–H and O–H groups in total. The van der Waals surface area contributed by atoms with Gasteiger partial charge in [0, 0.05) is 11.6 Å². The minimum atomic E-state index is -0.708. The summed E-state index contributed by atoms with van der Waals surface area (Å²) in [6.45, 7) is 0.406. The molecule has 1 aromatic carbocycles. The second kappa shape index (κ2) is 3.86. The first-order valence-electron chi connectivity index (χ1n) is 4.33. The third kappa shape index (κ3) is 1.78. The van der Waals surface area contributed by atoms with E-state index < -0.39 is 11.8 Å². The van der Waals surface area contributed by atoms with Crippen molar-refractivity contribution < 1.29 is 23.4 Å². The molecule has 0 spiro atoms. The number of fused-ring (bicyclic) bond motifs is 1. The molecule has 1 aromatic rings. The maximum Gasteiger partial charge on any atom is 0.340 e. The van der Waals surface area contributed by atoms with Crippen LogP contribution in [0.5, 0.6) is 5.75 Å². The van der Waals surface area contributed by atoms with Crippen molar-refractivity contribution >= 4 is 5.97 Å². The minimum Gasteiger partial charge on any atom is -0.467 e. The van der Waals surface area contributed by atoms with E-state index >= 15 is 0 Å². The van der Waals surface area contributed by atoms with E-state index in [0.29, 0.717) is 17.9 Å². The van der Waals surface area contributed by atoms with Crippen LogP contribution in [0.4, 0.5) is 4.39 Å². The molecule has 80 valence electrons. The largest absolute Gasteiger partial charge is 0.467 e. The number of benzene rings is 1. The number of carbonyl (C=O) groups excluding carboxylic acids is 1. The van der Waals surface area contributed by atoms with E-state index in [9.17, 15) is 9.18 Å². The van der Waals surface area contributed by atoms with Crippen LogP contribution in [0.25, 0.3) is 0 Å². The van der Waals surface area contributed by atoms with Gasteiger partial charge < -0.3 is 14.2 Å². The van der Waals surface area contributed by atoms with Gasteiger partial charge in [0.2, 0.25) is 0 Å². The molecular weight excluding hydrogens is 203 g/mol. The molecule has 0 aromatic heterocycles. The Morgan fingerprint density at radius 3 is 3.07 bits per heavy atom. The number of halogens is 1. The number of hydrogen-bond acceptors (Lipinski definition) is 4. The number of carbonyl (C=O) groups is 1. The molecule has 0 unspecified atom stereocenters. The first-order valence-corrected chi connectivity index (χ1v) is 4.33. The van der Waals surface area contributed by atoms with Gasteiger partial charge in [0.1, 0.15) is 11.6 Å². The zero-order chi connectivity index (χ0) is 10.8. The average Bonchev–Trinajstić information content (AvgIpc) is 2.27. The van der Waals surface area contributed by atoms with Crippen molar-refractivity contribution in [2.75, 3.05) is 13.9 Å². The summed E-state index contributed by atoms with van der Waals surface area (Å²) >= 11 is 0. The Bertz CT molecular complexity index is 403. The highest BCUT2D eigenvalue weighted by molar-refractivity contribution is 5.90. The van der Waals surface area contributed by atoms with E-state index in [-0.39, 0.29) is 12.4 Å². The monoisotopic (exact) mass is 212 g/mol. The summed E-state index contributed by atoms with van der Waals surface area (Å²) in [4.78, 5) is 11.2. The normalized spacial score (nSPS) is 14.0. The van der Waals surface area contributed by atoms with Crippen LogP contribution in [-0.2, 0) is 16.1 Å². The van der Waals surface area contributed by atoms with Crippen molar-refractivity contribution in [1.82, 2.24) is 0 Å². The van der Waals surface area contributed by atoms with Crippen molar-refractivity contribution in [2.45, 2.75) is 6.61 Å². The molecule has 0 radical (unpaired) electrons. The van der Waals surface area contributed by atoms with Crippen LogP contribution in [-0.4, -0.2) is 19.9 Å². The molecule has 4 nitrogen and oxygen atoms in total. The molecule has 0 saturated carbocycles. The zero-order valence-corrected chi connectivity index (χ0v) is 8.08. The topological polar surface area (TPSA) is 44.8 Å². The number of methoxy groups -OCH3 is 1. The quantitative estimate of drug-likeness (QED) is 0.661. The van der Waals surface area contributed by atoms with Crippen LogP contribution in [0.2, 0.25) is 0 Å². The number of hydrogen-bond donors (Lipinski definition) is 0. The van der Waals surface area contributed by atoms with Gasteiger partial charge in [0.25, 0.3) is 0 Å². The Morgan fingerprint density at radius 2 is 2.33 bits per heavy atom. The Balaban J connectivity index is 2.44. The Labute approximate surface area is 85.6 Å². The highest BCUT2D eigenvalue weighted by Crippen LogP contribution is 2.27. The van der Waals surface area contributed by atoms with Crippen molar-refractivity contribution in [3.63, 3.8) is 0 Å². The summed E-state index contributed by atoms with van der Waals surface area (Å²) < 4.78 is 27.9. The average molecular weight is 212 g/mol. The summed E-state index contributed by atoms with van der Waals surface area (Å²) in [6, 6.07) is 2.56. The molecule has 2 rings (SSSR count). The second-order valence-corrected chi connectivity index (χ2v) is 3.04. The predicted molar refractivity (Wildman–Crippen MR) is 48.0 cm³/mol. The van der Waals surface area contributed by atoms with Gasteiger partial charge in [-0.15, -0.1) is 0 Å². The van der Waals surface area contributed by atoms with Gasteiger partial charge >= 0.3 is 5.97 Å². The first-order chi connectivity index (χ1) is 7.22. The summed E-state index contributed by atoms with van der Waals surface area (Å²) in [6.07, 6.45) is 0. The van der Waals surface area contributed by atoms with E-state index in [1.165, 1.54) is 19.2 Å². The molecule has 0 bridgehead atoms. The van der Waals surface area contributed by atoms with Crippen molar-refractivity contribution in [2.24, 2.45) is 0 Å². The fourth-order valence-corrected chi connectivity index (χ4v) is 1.37. The first kappa shape index (κ1) is 9.92. The van der Waals surface area contributed by atoms with Gasteiger partial charge in [0.15, 0.2) is 6.79 Å². The summed E-state index contributed by atoms with van der Waals surface area (Å²) in [5, 5.41) is 0. The van der Waals surface area contributed by atoms with Crippen LogP contribution >= 0.6 is 0 Å². The lowest BCUT2D eigenvalue weighted by molar-refractivity contribution is -0.0166. The van der Waals surface area contributed by atoms with Crippen LogP contribution < -0.4 is 4.74 Å². The molecule has 1 heterocycles. The molecule has 0 fully saturated rings. The minimum absolute atomic E-state index is 0.101. The van der Waals surface area contributed by atoms with Gasteiger partial charge in [-0.25, -0.2) is 9.18 Å². The maximum absolute atomic E-state index is 13.4. The van der Waals surface area contributed by atoms with Gasteiger partial charge in [-0.3, -0.25) is 0 Å². The lowest BCUT2D eigenvalue weighted by Crippen LogP contribution is -2.14. The van der Waals surface area contributed by atoms with Crippen molar-refractivity contribution in [3.8, 4) is 5.75 Å². The Kier molecular flexibility index (Phi) is 2.55. The fourth-order valence-electron chi connectivity index (χ4n) is 1.37. The van der Waals surface area contributed by atoms with E-state index in [0.717, 1.165) is 0 Å². The van der Waals surface area contributed by atoms with Crippen LogP contribution in [0.15, 0.2) is 12.1 Å². The lowest BCUT2D eigenvalue weighted by Gasteiger charge is -2.18. The Morgan fingerprint density at radius 1 is 1.53 bits per heavy atom. The van der Waals surface area contributed by atoms with Gasteiger partial charge in [-0.05, 0) is 6.07 Å². The lowest BCUT2D eigenvalue weighted by atomic mass is 10.1. The summed E-state index contributed by atoms with van der Waals surface area (Å²) in [5.74, 6) is -0.949. The molecular formula is C10H9FO4. The highest BCUT2D eigenvalue weighted by atomic mass is 19.1. The predicted octanol–water partition coefficient (Wildman–Crippen LogP) is 1.48. The molecule has 0 amide bonds. The SMILES string of the molecule is COC(=O)c1cc2c(cc1F)OCOC2. The van der Waals surface area contributed by atoms with E-state index in [1.54, 1.807) is 0 Å². The third-order valence-electron chi connectivity index (χ3n) is 2.11. The van der Waals surface area contributed by atoms with Crippen molar-refractivity contribution in [1.29, 1.82) is 0 Å². The van der Waals surface area contributed by atoms with E-state index in [2.05, 4.69) is 4.74 Å². The number of rotatable bonds is 1. The second-order valence-electron chi connectivity index (χ2n) is 3.04. The summed E-state index contributed by atoms with van der Waals surface area (Å²) in [5.41, 5.74) is 0.536. The van der Waals surface area contributed by atoms with Gasteiger partial charge in [0.05, 0.1) is 19.3 Å². The molecule has 0 atom stereocenters. The van der Waals surface area contributed by atoms with Crippen molar-refractivity contribution in [3.05, 3.63) is 29.1 Å². The highest BCUT2D eigenvalue weighted by Gasteiger charge is 2.19. The van der Waals surface area contributed by atoms with E-state index in [4.69, 9.17) is 9.47 Å². The van der Waals surface area contributed by atoms with Gasteiger partial charge in [-0.1, -0.05) is 0 Å². The maximum atomic E-state index is 13.4. The zero-order valence-electron chi connectivity index (χ0n) is 8.08. The number of esters is 1. The molecule has 0 aliphatic carbocycles.